The van der Waals surface area contributed by atoms with Crippen LogP contribution in [0, 0.1) is 11.8 Å². The lowest BCUT2D eigenvalue weighted by Crippen LogP contribution is -2.42. The van der Waals surface area contributed by atoms with Gasteiger partial charge in [-0.05, 0) is 36.4 Å². The second-order valence-electron chi connectivity index (χ2n) is 6.65. The Morgan fingerprint density at radius 1 is 1.06 bits per heavy atom. The van der Waals surface area contributed by atoms with Crippen molar-refractivity contribution in [3.8, 4) is 11.8 Å². The van der Waals surface area contributed by atoms with Gasteiger partial charge >= 0.3 is 5.97 Å². The normalized spacial score (nSPS) is 12.3. The number of benzene rings is 2. The van der Waals surface area contributed by atoms with Gasteiger partial charge in [0.15, 0.2) is 0 Å². The number of thiophene rings is 1. The van der Waals surface area contributed by atoms with Gasteiger partial charge in [0.25, 0.3) is 10.0 Å². The Balaban J connectivity index is 1.51. The molecular formula is C22H17N3O4S2. The second kappa shape index (κ2) is 8.73. The predicted octanol–water partition coefficient (Wildman–Crippen LogP) is 3.00. The van der Waals surface area contributed by atoms with Crippen LogP contribution in [0.1, 0.15) is 16.3 Å². The third-order valence-electron chi connectivity index (χ3n) is 4.38. The summed E-state index contributed by atoms with van der Waals surface area (Å²) in [7, 11) is -4.04. The van der Waals surface area contributed by atoms with Gasteiger partial charge in [0.1, 0.15) is 16.1 Å². The molecule has 0 bridgehead atoms. The number of carboxylic acid groups (broad SMARTS) is 1. The van der Waals surface area contributed by atoms with Crippen LogP contribution < -0.4 is 4.72 Å². The number of H-pyrrole nitrogens is 1. The summed E-state index contributed by atoms with van der Waals surface area (Å²) < 4.78 is 27.8. The molecule has 0 radical (unpaired) electrons. The minimum absolute atomic E-state index is 0.000665. The minimum atomic E-state index is -4.04. The fourth-order valence-corrected chi connectivity index (χ4v) is 5.27. The van der Waals surface area contributed by atoms with E-state index >= 15 is 0 Å². The van der Waals surface area contributed by atoms with Crippen LogP contribution in [0.15, 0.2) is 70.9 Å². The number of hydrogen-bond acceptors (Lipinski definition) is 5. The number of hydrogen-bond donors (Lipinski definition) is 3. The van der Waals surface area contributed by atoms with Crippen molar-refractivity contribution >= 4 is 38.4 Å². The molecule has 4 aromatic rings. The van der Waals surface area contributed by atoms with Gasteiger partial charge in [0.05, 0.1) is 15.9 Å². The Bertz CT molecular complexity index is 1360. The Labute approximate surface area is 182 Å². The highest BCUT2D eigenvalue weighted by atomic mass is 32.2. The molecule has 0 aliphatic rings. The highest BCUT2D eigenvalue weighted by molar-refractivity contribution is 7.91. The second-order valence-corrected chi connectivity index (χ2v) is 9.68. The fraction of sp³-hybridized carbons (Fsp3) is 0.0909. The van der Waals surface area contributed by atoms with Gasteiger partial charge in [-0.3, -0.25) is 4.79 Å². The van der Waals surface area contributed by atoms with Crippen molar-refractivity contribution in [1.29, 1.82) is 0 Å². The summed E-state index contributed by atoms with van der Waals surface area (Å²) in [5, 5.41) is 9.55. The van der Waals surface area contributed by atoms with Gasteiger partial charge in [-0.15, -0.1) is 11.3 Å². The smallest absolute Gasteiger partial charge is 0.322 e. The van der Waals surface area contributed by atoms with Crippen molar-refractivity contribution in [1.82, 2.24) is 14.7 Å². The summed E-state index contributed by atoms with van der Waals surface area (Å²) in [6.07, 6.45) is -0.116. The van der Waals surface area contributed by atoms with Crippen LogP contribution >= 0.6 is 11.3 Å². The molecule has 0 unspecified atom stereocenters. The number of nitrogens with zero attached hydrogens (tertiary/aromatic N) is 1. The van der Waals surface area contributed by atoms with Crippen molar-refractivity contribution in [3.05, 3.63) is 83.0 Å². The molecule has 2 aromatic carbocycles. The third-order valence-corrected chi connectivity index (χ3v) is 7.35. The molecule has 0 fully saturated rings. The van der Waals surface area contributed by atoms with E-state index in [-0.39, 0.29) is 10.6 Å². The van der Waals surface area contributed by atoms with Gasteiger partial charge in [0.2, 0.25) is 0 Å². The molecule has 0 aliphatic carbocycles. The molecule has 156 valence electrons. The Morgan fingerprint density at radius 3 is 2.55 bits per heavy atom. The predicted molar refractivity (Wildman–Crippen MR) is 118 cm³/mol. The maximum atomic E-state index is 12.8. The molecule has 2 heterocycles. The van der Waals surface area contributed by atoms with Crippen molar-refractivity contribution in [3.63, 3.8) is 0 Å². The monoisotopic (exact) mass is 451 g/mol. The van der Waals surface area contributed by atoms with Gasteiger partial charge in [-0.1, -0.05) is 42.2 Å². The highest BCUT2D eigenvalue weighted by Gasteiger charge is 2.27. The maximum absolute atomic E-state index is 12.8. The average Bonchev–Trinajstić information content (AvgIpc) is 3.39. The Kier molecular flexibility index (Phi) is 5.86. The van der Waals surface area contributed by atoms with Crippen LogP contribution in [0.3, 0.4) is 0 Å². The standard InChI is InChI=1S/C22H17N3O4S2/c26-22(27)19(14-20-23-17-8-4-5-9-18(17)24-20)25-31(28,29)21-13-12-16(30-21)11-10-15-6-2-1-3-7-15/h1-9,12-13,19,25H,14H2,(H,23,24)(H,26,27)/t19-/m1/s1. The largest absolute Gasteiger partial charge is 0.480 e. The number of aromatic amines is 1. The van der Waals surface area contributed by atoms with Crippen molar-refractivity contribution in [2.24, 2.45) is 0 Å². The number of imidazole rings is 1. The first-order valence-electron chi connectivity index (χ1n) is 9.26. The van der Waals surface area contributed by atoms with Gasteiger partial charge in [-0.25, -0.2) is 13.4 Å². The number of aliphatic carboxylic acids is 1. The topological polar surface area (TPSA) is 112 Å². The number of aromatic nitrogens is 2. The lowest BCUT2D eigenvalue weighted by Gasteiger charge is -2.12. The lowest BCUT2D eigenvalue weighted by molar-refractivity contribution is -0.138. The summed E-state index contributed by atoms with van der Waals surface area (Å²) in [6.45, 7) is 0. The first-order chi connectivity index (χ1) is 14.9. The third kappa shape index (κ3) is 5.00. The van der Waals surface area contributed by atoms with Crippen LogP contribution in [0.25, 0.3) is 11.0 Å². The number of carbonyl (C=O) groups is 1. The zero-order valence-corrected chi connectivity index (χ0v) is 17.7. The molecule has 0 saturated carbocycles. The minimum Gasteiger partial charge on any atom is -0.480 e. The molecule has 31 heavy (non-hydrogen) atoms. The van der Waals surface area contributed by atoms with E-state index in [0.29, 0.717) is 16.2 Å². The van der Waals surface area contributed by atoms with E-state index in [0.717, 1.165) is 22.4 Å². The van der Waals surface area contributed by atoms with E-state index in [4.69, 9.17) is 0 Å². The van der Waals surface area contributed by atoms with Crippen LogP contribution in [0.4, 0.5) is 0 Å². The van der Waals surface area contributed by atoms with E-state index in [2.05, 4.69) is 26.5 Å². The molecule has 4 rings (SSSR count). The van der Waals surface area contributed by atoms with Crippen LogP contribution in [-0.4, -0.2) is 35.5 Å². The fourth-order valence-electron chi connectivity index (χ4n) is 2.91. The average molecular weight is 452 g/mol. The van der Waals surface area contributed by atoms with Crippen LogP contribution in [-0.2, 0) is 21.2 Å². The molecule has 0 amide bonds. The number of nitrogens with one attached hydrogen (secondary N) is 2. The van der Waals surface area contributed by atoms with Crippen LogP contribution in [0.2, 0.25) is 0 Å². The van der Waals surface area contributed by atoms with Crippen LogP contribution in [0.5, 0.6) is 0 Å². The molecule has 9 heteroatoms. The summed E-state index contributed by atoms with van der Waals surface area (Å²) in [5.41, 5.74) is 2.25. The number of para-hydroxylation sites is 2. The zero-order valence-electron chi connectivity index (χ0n) is 16.1. The van der Waals surface area contributed by atoms with Crippen molar-refractivity contribution in [2.45, 2.75) is 16.7 Å². The zero-order chi connectivity index (χ0) is 21.8. The SMILES string of the molecule is O=C(O)[C@@H](Cc1nc2ccccc2[nH]1)NS(=O)(=O)c1ccc(C#Cc2ccccc2)s1. The molecule has 7 nitrogen and oxygen atoms in total. The summed E-state index contributed by atoms with van der Waals surface area (Å²) in [6, 6.07) is 18.2. The lowest BCUT2D eigenvalue weighted by atomic mass is 10.2. The van der Waals surface area contributed by atoms with Gasteiger partial charge in [-0.2, -0.15) is 4.72 Å². The molecule has 0 saturated heterocycles. The first-order valence-corrected chi connectivity index (χ1v) is 11.6. The van der Waals surface area contributed by atoms with Gasteiger partial charge < -0.3 is 10.1 Å². The number of rotatable bonds is 6. The maximum Gasteiger partial charge on any atom is 0.322 e. The molecule has 2 aromatic heterocycles. The highest BCUT2D eigenvalue weighted by Crippen LogP contribution is 2.22. The first kappa shape index (κ1) is 20.8. The summed E-state index contributed by atoms with van der Waals surface area (Å²) >= 11 is 0.982. The molecular weight excluding hydrogens is 434 g/mol. The Hall–Kier alpha value is -3.45. The molecule has 0 spiro atoms. The summed E-state index contributed by atoms with van der Waals surface area (Å²) in [4.78, 5) is 19.6. The van der Waals surface area contributed by atoms with Crippen molar-refractivity contribution < 1.29 is 18.3 Å². The van der Waals surface area contributed by atoms with Gasteiger partial charge in [0, 0.05) is 12.0 Å². The Morgan fingerprint density at radius 2 is 1.81 bits per heavy atom. The number of carboxylic acids is 1. The summed E-state index contributed by atoms with van der Waals surface area (Å²) in [5.74, 6) is 5.00. The van der Waals surface area contributed by atoms with Crippen molar-refractivity contribution in [2.75, 3.05) is 0 Å². The van der Waals surface area contributed by atoms with E-state index in [1.807, 2.05) is 48.5 Å². The van der Waals surface area contributed by atoms with E-state index < -0.39 is 22.0 Å². The van der Waals surface area contributed by atoms with E-state index in [1.54, 1.807) is 12.1 Å². The van der Waals surface area contributed by atoms with E-state index in [1.165, 1.54) is 6.07 Å². The van der Waals surface area contributed by atoms with E-state index in [9.17, 15) is 18.3 Å². The number of fused-ring (bicyclic) bond motifs is 1. The molecule has 1 atom stereocenters. The molecule has 3 N–H and O–H groups in total. The quantitative estimate of drug-likeness (QED) is 0.390. The number of sulfonamides is 1. The molecule has 0 aliphatic heterocycles.